The van der Waals surface area contributed by atoms with Crippen LogP contribution in [-0.2, 0) is 4.74 Å². The summed E-state index contributed by atoms with van der Waals surface area (Å²) in [5.41, 5.74) is 3.33. The van der Waals surface area contributed by atoms with Gasteiger partial charge in [-0.3, -0.25) is 4.98 Å². The molecule has 106 valence electrons. The summed E-state index contributed by atoms with van der Waals surface area (Å²) in [6, 6.07) is 5.98. The molecule has 0 saturated heterocycles. The Bertz CT molecular complexity index is 623. The largest absolute Gasteiger partial charge is 0.462 e. The van der Waals surface area contributed by atoms with Crippen molar-refractivity contribution < 1.29 is 9.53 Å². The van der Waals surface area contributed by atoms with Gasteiger partial charge in [0.05, 0.1) is 17.8 Å². The summed E-state index contributed by atoms with van der Waals surface area (Å²) in [7, 11) is 0. The first kappa shape index (κ1) is 14.3. The molecule has 0 atom stereocenters. The first-order valence-corrected chi connectivity index (χ1v) is 6.98. The topological polar surface area (TPSA) is 51.2 Å². The fourth-order valence-corrected chi connectivity index (χ4v) is 2.17. The lowest BCUT2D eigenvalue weighted by Gasteiger charge is -2.14. The minimum atomic E-state index is -0.331. The second kappa shape index (κ2) is 6.37. The van der Waals surface area contributed by atoms with E-state index in [0.29, 0.717) is 12.2 Å². The number of pyridine rings is 1. The summed E-state index contributed by atoms with van der Waals surface area (Å²) in [5.74, 6) is -0.331. The second-order valence-electron chi connectivity index (χ2n) is 4.67. The fourth-order valence-electron chi connectivity index (χ4n) is 2.17. The van der Waals surface area contributed by atoms with E-state index in [-0.39, 0.29) is 5.97 Å². The number of rotatable bonds is 5. The number of fused-ring (bicyclic) bond motifs is 1. The number of carbonyl (C=O) groups is 1. The Kier molecular flexibility index (Phi) is 4.56. The van der Waals surface area contributed by atoms with Gasteiger partial charge >= 0.3 is 5.97 Å². The van der Waals surface area contributed by atoms with Crippen LogP contribution in [0.25, 0.3) is 10.9 Å². The number of carbonyl (C=O) groups excluding carboxylic acids is 1. The highest BCUT2D eigenvalue weighted by atomic mass is 16.5. The molecule has 0 saturated carbocycles. The fraction of sp³-hybridized carbons (Fsp3) is 0.375. The summed E-state index contributed by atoms with van der Waals surface area (Å²) in [5, 5.41) is 4.29. The third-order valence-corrected chi connectivity index (χ3v) is 3.15. The van der Waals surface area contributed by atoms with Gasteiger partial charge in [-0.05, 0) is 25.8 Å². The van der Waals surface area contributed by atoms with Crippen LogP contribution < -0.4 is 5.32 Å². The zero-order valence-corrected chi connectivity index (χ0v) is 12.2. The number of anilines is 1. The van der Waals surface area contributed by atoms with Crippen molar-refractivity contribution in [2.75, 3.05) is 18.5 Å². The van der Waals surface area contributed by atoms with Crippen LogP contribution in [0.4, 0.5) is 5.69 Å². The molecule has 4 heteroatoms. The molecular formula is C16H20N2O2. The van der Waals surface area contributed by atoms with Crippen molar-refractivity contribution in [2.24, 2.45) is 0 Å². The van der Waals surface area contributed by atoms with Crippen LogP contribution in [-0.4, -0.2) is 24.1 Å². The van der Waals surface area contributed by atoms with E-state index in [1.165, 1.54) is 0 Å². The number of hydrogen-bond donors (Lipinski definition) is 1. The minimum Gasteiger partial charge on any atom is -0.462 e. The molecule has 2 aromatic rings. The van der Waals surface area contributed by atoms with Crippen LogP contribution in [0.15, 0.2) is 24.4 Å². The molecule has 0 aliphatic rings. The summed E-state index contributed by atoms with van der Waals surface area (Å²) < 4.78 is 5.11. The summed E-state index contributed by atoms with van der Waals surface area (Å²) in [6.07, 6.45) is 2.59. The Morgan fingerprint density at radius 3 is 2.85 bits per heavy atom. The van der Waals surface area contributed by atoms with Crippen LogP contribution in [0.3, 0.4) is 0 Å². The molecule has 0 radical (unpaired) electrons. The molecule has 1 N–H and O–H groups in total. The molecule has 0 amide bonds. The maximum atomic E-state index is 12.1. The van der Waals surface area contributed by atoms with E-state index in [2.05, 4.69) is 17.2 Å². The maximum absolute atomic E-state index is 12.1. The summed E-state index contributed by atoms with van der Waals surface area (Å²) in [6.45, 7) is 7.07. The smallest absolute Gasteiger partial charge is 0.341 e. The number of hydrogen-bond acceptors (Lipinski definition) is 4. The van der Waals surface area contributed by atoms with Crippen LogP contribution in [0.1, 0.15) is 36.2 Å². The van der Waals surface area contributed by atoms with Crippen LogP contribution in [0.5, 0.6) is 0 Å². The lowest BCUT2D eigenvalue weighted by Crippen LogP contribution is -2.11. The Balaban J connectivity index is 2.59. The molecule has 20 heavy (non-hydrogen) atoms. The van der Waals surface area contributed by atoms with E-state index < -0.39 is 0 Å². The van der Waals surface area contributed by atoms with Crippen molar-refractivity contribution >= 4 is 22.6 Å². The molecule has 0 aliphatic heterocycles. The number of esters is 1. The molecule has 0 bridgehead atoms. The van der Waals surface area contributed by atoms with Crippen molar-refractivity contribution in [3.8, 4) is 0 Å². The van der Waals surface area contributed by atoms with Crippen LogP contribution >= 0.6 is 0 Å². The second-order valence-corrected chi connectivity index (χ2v) is 4.67. The molecule has 0 unspecified atom stereocenters. The third kappa shape index (κ3) is 2.74. The molecule has 1 aromatic carbocycles. The van der Waals surface area contributed by atoms with Crippen molar-refractivity contribution in [3.05, 3.63) is 35.5 Å². The lowest BCUT2D eigenvalue weighted by molar-refractivity contribution is 0.0527. The van der Waals surface area contributed by atoms with Gasteiger partial charge in [0.1, 0.15) is 5.56 Å². The molecule has 4 nitrogen and oxygen atoms in total. The molecule has 0 aliphatic carbocycles. The van der Waals surface area contributed by atoms with Gasteiger partial charge in [0.15, 0.2) is 0 Å². The van der Waals surface area contributed by atoms with Crippen molar-refractivity contribution in [1.82, 2.24) is 4.98 Å². The van der Waals surface area contributed by atoms with E-state index in [9.17, 15) is 4.79 Å². The first-order valence-electron chi connectivity index (χ1n) is 6.98. The van der Waals surface area contributed by atoms with Gasteiger partial charge in [-0.1, -0.05) is 25.1 Å². The number of benzene rings is 1. The van der Waals surface area contributed by atoms with Crippen molar-refractivity contribution in [2.45, 2.75) is 27.2 Å². The quantitative estimate of drug-likeness (QED) is 0.846. The zero-order valence-electron chi connectivity index (χ0n) is 12.2. The predicted octanol–water partition coefficient (Wildman–Crippen LogP) is 3.54. The average molecular weight is 272 g/mol. The van der Waals surface area contributed by atoms with Crippen molar-refractivity contribution in [3.63, 3.8) is 0 Å². The highest BCUT2D eigenvalue weighted by Gasteiger charge is 2.16. The van der Waals surface area contributed by atoms with Crippen LogP contribution in [0, 0.1) is 6.92 Å². The van der Waals surface area contributed by atoms with Gasteiger partial charge in [0, 0.05) is 18.1 Å². The lowest BCUT2D eigenvalue weighted by atomic mass is 10.1. The summed E-state index contributed by atoms with van der Waals surface area (Å²) >= 11 is 0. The van der Waals surface area contributed by atoms with E-state index >= 15 is 0 Å². The SMILES string of the molecule is CCCNc1c(C(=O)OCC)cnc2c(C)cccc12. The predicted molar refractivity (Wildman–Crippen MR) is 81.2 cm³/mol. The van der Waals surface area contributed by atoms with E-state index in [1.807, 2.05) is 25.1 Å². The van der Waals surface area contributed by atoms with Gasteiger partial charge in [0.2, 0.25) is 0 Å². The van der Waals surface area contributed by atoms with E-state index in [1.54, 1.807) is 13.1 Å². The first-order chi connectivity index (χ1) is 9.69. The van der Waals surface area contributed by atoms with Gasteiger partial charge < -0.3 is 10.1 Å². The monoisotopic (exact) mass is 272 g/mol. The Morgan fingerprint density at radius 1 is 1.35 bits per heavy atom. The normalized spacial score (nSPS) is 10.6. The Hall–Kier alpha value is -2.10. The number of aromatic nitrogens is 1. The van der Waals surface area contributed by atoms with Gasteiger partial charge in [-0.25, -0.2) is 4.79 Å². The number of ether oxygens (including phenoxy) is 1. The number of aryl methyl sites for hydroxylation is 1. The van der Waals surface area contributed by atoms with Crippen molar-refractivity contribution in [1.29, 1.82) is 0 Å². The van der Waals surface area contributed by atoms with Gasteiger partial charge in [0.25, 0.3) is 0 Å². The highest BCUT2D eigenvalue weighted by molar-refractivity contribution is 6.05. The average Bonchev–Trinajstić information content (AvgIpc) is 2.45. The molecule has 1 heterocycles. The Labute approximate surface area is 119 Å². The number of nitrogens with zero attached hydrogens (tertiary/aromatic N) is 1. The zero-order chi connectivity index (χ0) is 14.5. The Morgan fingerprint density at radius 2 is 2.15 bits per heavy atom. The standard InChI is InChI=1S/C16H20N2O2/c1-4-9-17-15-12-8-6-7-11(3)14(12)18-10-13(15)16(19)20-5-2/h6-8,10H,4-5,9H2,1-3H3,(H,17,18). The molecule has 1 aromatic heterocycles. The molecule has 2 rings (SSSR count). The van der Waals surface area contributed by atoms with E-state index in [4.69, 9.17) is 4.74 Å². The number of nitrogens with one attached hydrogen (secondary N) is 1. The maximum Gasteiger partial charge on any atom is 0.341 e. The van der Waals surface area contributed by atoms with Crippen LogP contribution in [0.2, 0.25) is 0 Å². The third-order valence-electron chi connectivity index (χ3n) is 3.15. The molecular weight excluding hydrogens is 252 g/mol. The van der Waals surface area contributed by atoms with Gasteiger partial charge in [-0.15, -0.1) is 0 Å². The van der Waals surface area contributed by atoms with Gasteiger partial charge in [-0.2, -0.15) is 0 Å². The number of para-hydroxylation sites is 1. The summed E-state index contributed by atoms with van der Waals surface area (Å²) in [4.78, 5) is 16.5. The molecule has 0 spiro atoms. The van der Waals surface area contributed by atoms with E-state index in [0.717, 1.165) is 35.1 Å². The minimum absolute atomic E-state index is 0.331. The highest BCUT2D eigenvalue weighted by Crippen LogP contribution is 2.28. The molecule has 0 fully saturated rings.